The van der Waals surface area contributed by atoms with Crippen molar-refractivity contribution in [2.24, 2.45) is 0 Å². The van der Waals surface area contributed by atoms with E-state index in [0.29, 0.717) is 11.3 Å². The molecule has 29 heavy (non-hydrogen) atoms. The molecule has 8 heteroatoms. The quantitative estimate of drug-likeness (QED) is 0.521. The van der Waals surface area contributed by atoms with Gasteiger partial charge < -0.3 is 9.15 Å². The van der Waals surface area contributed by atoms with Crippen LogP contribution in [0.3, 0.4) is 0 Å². The number of fused-ring (bicyclic) bond motifs is 3. The number of hydrogen-bond acceptors (Lipinski definition) is 5. The molecule has 0 aliphatic heterocycles. The fraction of sp³-hybridized carbons (Fsp3) is 0.190. The lowest BCUT2D eigenvalue weighted by molar-refractivity contribution is -0.123. The molecule has 0 spiro atoms. The Morgan fingerprint density at radius 3 is 2.59 bits per heavy atom. The third kappa shape index (κ3) is 3.96. The Morgan fingerprint density at radius 2 is 1.79 bits per heavy atom. The minimum atomic E-state index is -0.587. The molecule has 0 unspecified atom stereocenters. The molecule has 0 fully saturated rings. The number of carbonyl (C=O) groups excluding carboxylic acids is 2. The van der Waals surface area contributed by atoms with Gasteiger partial charge >= 0.3 is 5.63 Å². The van der Waals surface area contributed by atoms with Crippen molar-refractivity contribution in [2.45, 2.75) is 19.3 Å². The minimum Gasteiger partial charge on any atom is -0.484 e. The molecule has 0 bridgehead atoms. The van der Waals surface area contributed by atoms with Crippen LogP contribution in [0.2, 0.25) is 0 Å². The SMILES string of the molecule is O=C(COc1ccc2c3c(c(=O)oc2c1)CCC3)NNC(=O)c1ccc(F)cc1. The predicted molar refractivity (Wildman–Crippen MR) is 102 cm³/mol. The lowest BCUT2D eigenvalue weighted by atomic mass is 10.1. The molecule has 1 aromatic heterocycles. The van der Waals surface area contributed by atoms with Crippen LogP contribution in [0, 0.1) is 5.82 Å². The molecule has 148 valence electrons. The van der Waals surface area contributed by atoms with Gasteiger partial charge in [0.05, 0.1) is 0 Å². The van der Waals surface area contributed by atoms with Crippen molar-refractivity contribution in [3.8, 4) is 5.75 Å². The maximum Gasteiger partial charge on any atom is 0.339 e. The normalized spacial score (nSPS) is 12.4. The number of ether oxygens (including phenoxy) is 1. The highest BCUT2D eigenvalue weighted by molar-refractivity contribution is 5.95. The molecule has 3 aromatic rings. The van der Waals surface area contributed by atoms with Crippen LogP contribution in [0.1, 0.15) is 27.9 Å². The van der Waals surface area contributed by atoms with Gasteiger partial charge in [-0.3, -0.25) is 20.4 Å². The van der Waals surface area contributed by atoms with E-state index in [9.17, 15) is 18.8 Å². The number of aryl methyl sites for hydroxylation is 1. The number of carbonyl (C=O) groups is 2. The second-order valence-corrected chi connectivity index (χ2v) is 6.66. The maximum absolute atomic E-state index is 12.9. The van der Waals surface area contributed by atoms with E-state index >= 15 is 0 Å². The van der Waals surface area contributed by atoms with Crippen molar-refractivity contribution in [1.82, 2.24) is 10.9 Å². The molecule has 1 aliphatic carbocycles. The summed E-state index contributed by atoms with van der Waals surface area (Å²) in [5.41, 5.74) is 6.47. The topological polar surface area (TPSA) is 97.6 Å². The van der Waals surface area contributed by atoms with Crippen LogP contribution >= 0.6 is 0 Å². The second-order valence-electron chi connectivity index (χ2n) is 6.66. The molecule has 2 N–H and O–H groups in total. The van der Waals surface area contributed by atoms with Crippen molar-refractivity contribution in [3.05, 3.63) is 75.4 Å². The Labute approximate surface area is 164 Å². The summed E-state index contributed by atoms with van der Waals surface area (Å²) in [7, 11) is 0. The van der Waals surface area contributed by atoms with Gasteiger partial charge in [-0.2, -0.15) is 0 Å². The number of hydrogen-bond donors (Lipinski definition) is 2. The molecule has 2 aromatic carbocycles. The Morgan fingerprint density at radius 1 is 1.03 bits per heavy atom. The fourth-order valence-electron chi connectivity index (χ4n) is 3.34. The highest BCUT2D eigenvalue weighted by Crippen LogP contribution is 2.29. The molecule has 2 amide bonds. The summed E-state index contributed by atoms with van der Waals surface area (Å²) in [5, 5.41) is 0.875. The molecule has 0 saturated heterocycles. The van der Waals surface area contributed by atoms with Crippen LogP contribution in [0.15, 0.2) is 51.7 Å². The summed E-state index contributed by atoms with van der Waals surface area (Å²) in [4.78, 5) is 35.8. The van der Waals surface area contributed by atoms with Gasteiger partial charge in [0.1, 0.15) is 17.1 Å². The van der Waals surface area contributed by atoms with Crippen LogP contribution in [-0.2, 0) is 17.6 Å². The van der Waals surface area contributed by atoms with Crippen molar-refractivity contribution in [3.63, 3.8) is 0 Å². The average Bonchev–Trinajstić information content (AvgIpc) is 3.21. The van der Waals surface area contributed by atoms with E-state index in [2.05, 4.69) is 10.9 Å². The summed E-state index contributed by atoms with van der Waals surface area (Å²) in [6.07, 6.45) is 2.50. The molecule has 0 saturated carbocycles. The van der Waals surface area contributed by atoms with Crippen LogP contribution in [-0.4, -0.2) is 18.4 Å². The molecule has 0 radical (unpaired) electrons. The first-order valence-corrected chi connectivity index (χ1v) is 9.07. The number of hydrazine groups is 1. The van der Waals surface area contributed by atoms with Gasteiger partial charge in [0.15, 0.2) is 6.61 Å². The summed E-state index contributed by atoms with van der Waals surface area (Å²) < 4.78 is 23.7. The summed E-state index contributed by atoms with van der Waals surface area (Å²) in [6.45, 7) is -0.357. The van der Waals surface area contributed by atoms with E-state index in [-0.39, 0.29) is 17.8 Å². The monoisotopic (exact) mass is 396 g/mol. The van der Waals surface area contributed by atoms with Gasteiger partial charge in [0.2, 0.25) is 0 Å². The van der Waals surface area contributed by atoms with E-state index in [1.165, 1.54) is 12.1 Å². The molecule has 1 aliphatic rings. The number of benzene rings is 2. The van der Waals surface area contributed by atoms with Crippen molar-refractivity contribution >= 4 is 22.8 Å². The van der Waals surface area contributed by atoms with E-state index in [1.54, 1.807) is 12.1 Å². The molecule has 1 heterocycles. The highest BCUT2D eigenvalue weighted by atomic mass is 19.1. The first-order valence-electron chi connectivity index (χ1n) is 9.07. The second kappa shape index (κ2) is 7.75. The van der Waals surface area contributed by atoms with Crippen LogP contribution in [0.25, 0.3) is 11.0 Å². The highest BCUT2D eigenvalue weighted by Gasteiger charge is 2.19. The van der Waals surface area contributed by atoms with Crippen LogP contribution < -0.4 is 21.2 Å². The van der Waals surface area contributed by atoms with Gasteiger partial charge in [-0.05, 0) is 61.2 Å². The third-order valence-corrected chi connectivity index (χ3v) is 4.74. The molecule has 7 nitrogen and oxygen atoms in total. The van der Waals surface area contributed by atoms with Gasteiger partial charge in [-0.25, -0.2) is 9.18 Å². The van der Waals surface area contributed by atoms with Crippen LogP contribution in [0.5, 0.6) is 5.75 Å². The van der Waals surface area contributed by atoms with Gasteiger partial charge in [0.25, 0.3) is 11.8 Å². The predicted octanol–water partition coefficient (Wildman–Crippen LogP) is 2.26. The minimum absolute atomic E-state index is 0.199. The summed E-state index contributed by atoms with van der Waals surface area (Å²) >= 11 is 0. The summed E-state index contributed by atoms with van der Waals surface area (Å²) in [6, 6.07) is 9.97. The Kier molecular flexibility index (Phi) is 4.99. The van der Waals surface area contributed by atoms with E-state index < -0.39 is 17.6 Å². The Bertz CT molecular complexity index is 1150. The van der Waals surface area contributed by atoms with Crippen molar-refractivity contribution < 1.29 is 23.1 Å². The van der Waals surface area contributed by atoms with E-state index in [1.807, 2.05) is 6.07 Å². The molecular weight excluding hydrogens is 379 g/mol. The Balaban J connectivity index is 1.36. The average molecular weight is 396 g/mol. The third-order valence-electron chi connectivity index (χ3n) is 4.74. The van der Waals surface area contributed by atoms with Crippen LogP contribution in [0.4, 0.5) is 4.39 Å². The largest absolute Gasteiger partial charge is 0.484 e. The van der Waals surface area contributed by atoms with E-state index in [4.69, 9.17) is 9.15 Å². The fourth-order valence-corrected chi connectivity index (χ4v) is 3.34. The van der Waals surface area contributed by atoms with Gasteiger partial charge in [-0.15, -0.1) is 0 Å². The standard InChI is InChI=1S/C21H17FN2O5/c22-13-6-4-12(5-7-13)20(26)24-23-19(25)11-28-14-8-9-16-15-2-1-3-17(15)21(27)29-18(16)10-14/h4-10H,1-3,11H2,(H,23,25)(H,24,26). The smallest absolute Gasteiger partial charge is 0.339 e. The zero-order chi connectivity index (χ0) is 20.4. The number of nitrogens with one attached hydrogen (secondary N) is 2. The number of halogens is 1. The Hall–Kier alpha value is -3.68. The van der Waals surface area contributed by atoms with Crippen molar-refractivity contribution in [2.75, 3.05) is 6.61 Å². The zero-order valence-electron chi connectivity index (χ0n) is 15.3. The van der Waals surface area contributed by atoms with Gasteiger partial charge in [0, 0.05) is 22.6 Å². The van der Waals surface area contributed by atoms with Gasteiger partial charge in [-0.1, -0.05) is 0 Å². The van der Waals surface area contributed by atoms with E-state index in [0.717, 1.165) is 47.9 Å². The first kappa shape index (κ1) is 18.7. The zero-order valence-corrected chi connectivity index (χ0v) is 15.3. The lowest BCUT2D eigenvalue weighted by Gasteiger charge is -2.10. The molecule has 0 atom stereocenters. The molecular formula is C21H17FN2O5. The number of amides is 2. The summed E-state index contributed by atoms with van der Waals surface area (Å²) in [5.74, 6) is -1.27. The van der Waals surface area contributed by atoms with Crippen molar-refractivity contribution in [1.29, 1.82) is 0 Å². The first-order chi connectivity index (χ1) is 14.0. The maximum atomic E-state index is 12.9. The molecule has 4 rings (SSSR count). The number of rotatable bonds is 4. The lowest BCUT2D eigenvalue weighted by Crippen LogP contribution is -2.43.